The summed E-state index contributed by atoms with van der Waals surface area (Å²) in [4.78, 5) is 32.1. The molecule has 2 aliphatic carbocycles. The fourth-order valence-corrected chi connectivity index (χ4v) is 6.27. The summed E-state index contributed by atoms with van der Waals surface area (Å²) in [7, 11) is 0. The molecule has 0 spiro atoms. The van der Waals surface area contributed by atoms with Crippen LogP contribution in [0.1, 0.15) is 74.1 Å². The van der Waals surface area contributed by atoms with E-state index in [0.717, 1.165) is 89.5 Å². The average Bonchev–Trinajstić information content (AvgIpc) is 3.50. The van der Waals surface area contributed by atoms with Gasteiger partial charge in [-0.3, -0.25) is 9.59 Å². The molecule has 3 aromatic rings. The Kier molecular flexibility index (Phi) is 4.72. The van der Waals surface area contributed by atoms with Crippen molar-refractivity contribution in [2.24, 2.45) is 11.8 Å². The highest BCUT2D eigenvalue weighted by Gasteiger charge is 2.49. The molecule has 5 heteroatoms. The molecule has 0 bridgehead atoms. The van der Waals surface area contributed by atoms with Crippen LogP contribution in [-0.2, 0) is 24.2 Å². The quantitative estimate of drug-likeness (QED) is 0.436. The first-order chi connectivity index (χ1) is 16.0. The van der Waals surface area contributed by atoms with E-state index in [1.54, 1.807) is 12.1 Å². The zero-order valence-corrected chi connectivity index (χ0v) is 19.4. The van der Waals surface area contributed by atoms with Crippen molar-refractivity contribution in [1.82, 2.24) is 9.55 Å². The van der Waals surface area contributed by atoms with Gasteiger partial charge in [-0.25, -0.2) is 4.98 Å². The summed E-state index contributed by atoms with van der Waals surface area (Å²) in [6.45, 7) is 4.80. The number of carbonyl (C=O) groups is 1. The standard InChI is InChI=1S/C28H30N2O3/c1-3-5-6-7-18-20-13-25-26-23(17(4-2)21-12-16(31)8-9-24(21)29-26)14-30(25)28(33)22(20)11-15-10-19(15)27(18)32/h8-9,12-13,15,18-19,31H,3-7,10-11,14H2,1-2H3/t15?,18-,19?/m0/s1. The lowest BCUT2D eigenvalue weighted by atomic mass is 9.86. The number of phenolic OH excluding ortho intramolecular Hbond substituents is 1. The van der Waals surface area contributed by atoms with Crippen molar-refractivity contribution in [2.75, 3.05) is 0 Å². The van der Waals surface area contributed by atoms with Gasteiger partial charge in [0, 0.05) is 28.3 Å². The highest BCUT2D eigenvalue weighted by molar-refractivity contribution is 5.92. The van der Waals surface area contributed by atoms with Crippen LogP contribution in [0.3, 0.4) is 0 Å². The fourth-order valence-electron chi connectivity index (χ4n) is 6.27. The minimum absolute atomic E-state index is 0.0651. The third kappa shape index (κ3) is 3.08. The zero-order valence-electron chi connectivity index (χ0n) is 19.4. The first kappa shape index (κ1) is 20.6. The van der Waals surface area contributed by atoms with Gasteiger partial charge in [-0.1, -0.05) is 33.1 Å². The van der Waals surface area contributed by atoms with Crippen molar-refractivity contribution in [1.29, 1.82) is 0 Å². The molecule has 2 aromatic heterocycles. The van der Waals surface area contributed by atoms with Gasteiger partial charge in [0.25, 0.3) is 5.56 Å². The number of hydrogen-bond donors (Lipinski definition) is 1. The number of nitrogens with zero attached hydrogens (tertiary/aromatic N) is 2. The number of carbonyl (C=O) groups excluding carboxylic acids is 1. The summed E-state index contributed by atoms with van der Waals surface area (Å²) in [5.41, 5.74) is 6.66. The monoisotopic (exact) mass is 442 g/mol. The molecule has 6 rings (SSSR count). The number of aromatic nitrogens is 2. The molecule has 3 aliphatic rings. The number of aromatic hydroxyl groups is 1. The van der Waals surface area contributed by atoms with Crippen LogP contribution in [0, 0.1) is 11.8 Å². The maximum absolute atomic E-state index is 13.8. The minimum Gasteiger partial charge on any atom is -0.508 e. The molecule has 170 valence electrons. The second kappa shape index (κ2) is 7.54. The number of rotatable bonds is 5. The van der Waals surface area contributed by atoms with Crippen LogP contribution in [0.2, 0.25) is 0 Å². The molecule has 0 saturated heterocycles. The molecule has 1 aliphatic heterocycles. The van der Waals surface area contributed by atoms with Gasteiger partial charge in [-0.15, -0.1) is 0 Å². The number of ketones is 1. The van der Waals surface area contributed by atoms with Crippen LogP contribution >= 0.6 is 0 Å². The molecule has 1 aromatic carbocycles. The highest BCUT2D eigenvalue weighted by atomic mass is 16.3. The number of unbranched alkanes of at least 4 members (excludes halogenated alkanes) is 2. The average molecular weight is 443 g/mol. The maximum atomic E-state index is 13.8. The van der Waals surface area contributed by atoms with E-state index in [-0.39, 0.29) is 23.1 Å². The molecule has 3 atom stereocenters. The Bertz CT molecular complexity index is 1370. The van der Waals surface area contributed by atoms with E-state index >= 15 is 0 Å². The van der Waals surface area contributed by atoms with Crippen molar-refractivity contribution >= 4 is 16.7 Å². The molecule has 33 heavy (non-hydrogen) atoms. The molecule has 1 saturated carbocycles. The van der Waals surface area contributed by atoms with Crippen molar-refractivity contribution in [2.45, 2.75) is 71.3 Å². The maximum Gasteiger partial charge on any atom is 0.254 e. The van der Waals surface area contributed by atoms with Crippen LogP contribution in [0.4, 0.5) is 0 Å². The van der Waals surface area contributed by atoms with Gasteiger partial charge in [-0.05, 0) is 67.0 Å². The lowest BCUT2D eigenvalue weighted by molar-refractivity contribution is -0.122. The van der Waals surface area contributed by atoms with Gasteiger partial charge in [0.1, 0.15) is 11.5 Å². The van der Waals surface area contributed by atoms with E-state index < -0.39 is 0 Å². The molecule has 5 nitrogen and oxygen atoms in total. The van der Waals surface area contributed by atoms with Crippen LogP contribution in [0.25, 0.3) is 22.3 Å². The molecule has 1 N–H and O–H groups in total. The Morgan fingerprint density at radius 3 is 2.76 bits per heavy atom. The summed E-state index contributed by atoms with van der Waals surface area (Å²) < 4.78 is 1.88. The van der Waals surface area contributed by atoms with Crippen LogP contribution < -0.4 is 5.56 Å². The molecule has 3 heterocycles. The SMILES string of the molecule is CCCCC[C@@H]1C(=O)C2CC2Cc2c1cc1n(c2=O)Cc2c-1nc1ccc(O)cc1c2CC. The van der Waals surface area contributed by atoms with Crippen molar-refractivity contribution in [3.63, 3.8) is 0 Å². The minimum atomic E-state index is -0.158. The Balaban J connectivity index is 1.55. The predicted molar refractivity (Wildman–Crippen MR) is 129 cm³/mol. The van der Waals surface area contributed by atoms with E-state index in [2.05, 4.69) is 19.9 Å². The van der Waals surface area contributed by atoms with Crippen LogP contribution in [-0.4, -0.2) is 20.4 Å². The van der Waals surface area contributed by atoms with Crippen molar-refractivity contribution in [3.05, 3.63) is 56.9 Å². The van der Waals surface area contributed by atoms with Gasteiger partial charge >= 0.3 is 0 Å². The molecule has 2 unspecified atom stereocenters. The number of benzene rings is 1. The topological polar surface area (TPSA) is 72.2 Å². The molecule has 0 amide bonds. The van der Waals surface area contributed by atoms with Crippen LogP contribution in [0.15, 0.2) is 29.1 Å². The van der Waals surface area contributed by atoms with E-state index in [0.29, 0.717) is 18.2 Å². The Hall–Kier alpha value is -2.95. The summed E-state index contributed by atoms with van der Waals surface area (Å²) in [5, 5.41) is 11.0. The second-order valence-corrected chi connectivity index (χ2v) is 10.1. The second-order valence-electron chi connectivity index (χ2n) is 10.1. The van der Waals surface area contributed by atoms with Crippen molar-refractivity contribution in [3.8, 4) is 17.1 Å². The largest absolute Gasteiger partial charge is 0.508 e. The zero-order chi connectivity index (χ0) is 22.9. The van der Waals surface area contributed by atoms with Crippen LogP contribution in [0.5, 0.6) is 5.75 Å². The lowest BCUT2D eigenvalue weighted by Crippen LogP contribution is -2.26. The smallest absolute Gasteiger partial charge is 0.254 e. The van der Waals surface area contributed by atoms with E-state index in [1.807, 2.05) is 10.6 Å². The number of pyridine rings is 2. The third-order valence-electron chi connectivity index (χ3n) is 8.10. The first-order valence-electron chi connectivity index (χ1n) is 12.5. The highest BCUT2D eigenvalue weighted by Crippen LogP contribution is 2.50. The van der Waals surface area contributed by atoms with Gasteiger partial charge in [0.05, 0.1) is 23.4 Å². The Morgan fingerprint density at radius 1 is 1.12 bits per heavy atom. The first-order valence-corrected chi connectivity index (χ1v) is 12.5. The summed E-state index contributed by atoms with van der Waals surface area (Å²) in [6.07, 6.45) is 6.56. The number of fused-ring (bicyclic) bond motifs is 6. The number of aryl methyl sites for hydroxylation is 1. The molecule has 1 fully saturated rings. The molecular formula is C28H30N2O3. The van der Waals surface area contributed by atoms with Gasteiger partial charge in [0.2, 0.25) is 0 Å². The van der Waals surface area contributed by atoms with Gasteiger partial charge < -0.3 is 9.67 Å². The van der Waals surface area contributed by atoms with Crippen molar-refractivity contribution < 1.29 is 9.90 Å². The number of Topliss-reactive ketones (excluding diaryl/α,β-unsaturated/α-hetero) is 1. The molecular weight excluding hydrogens is 412 g/mol. The summed E-state index contributed by atoms with van der Waals surface area (Å²) in [6, 6.07) is 7.41. The van der Waals surface area contributed by atoms with E-state index in [1.165, 1.54) is 0 Å². The Morgan fingerprint density at radius 2 is 1.97 bits per heavy atom. The third-order valence-corrected chi connectivity index (χ3v) is 8.10. The number of phenols is 1. The van der Waals surface area contributed by atoms with E-state index in [9.17, 15) is 14.7 Å². The lowest BCUT2D eigenvalue weighted by Gasteiger charge is -2.19. The summed E-state index contributed by atoms with van der Waals surface area (Å²) in [5.74, 6) is 0.920. The summed E-state index contributed by atoms with van der Waals surface area (Å²) >= 11 is 0. The number of hydrogen-bond acceptors (Lipinski definition) is 4. The Labute approximate surface area is 193 Å². The predicted octanol–water partition coefficient (Wildman–Crippen LogP) is 5.12. The normalized spacial score (nSPS) is 22.5. The van der Waals surface area contributed by atoms with Gasteiger partial charge in [0.15, 0.2) is 0 Å². The fraction of sp³-hybridized carbons (Fsp3) is 0.464. The molecule has 0 radical (unpaired) electrons. The van der Waals surface area contributed by atoms with Gasteiger partial charge in [-0.2, -0.15) is 0 Å². The van der Waals surface area contributed by atoms with E-state index in [4.69, 9.17) is 4.98 Å².